The van der Waals surface area contributed by atoms with E-state index in [-0.39, 0.29) is 29.6 Å². The number of para-hydroxylation sites is 2. The maximum atomic E-state index is 13.5. The van der Waals surface area contributed by atoms with Crippen LogP contribution in [0.1, 0.15) is 37.7 Å². The number of primary amides is 1. The SMILES string of the molecule is N#Cc1ccccc1N1C[C@H](NC(=O)[C@H](CCC(F)(F)F)[C@H](CC2CC2)C(N)=O)C(=O)Nc2c(Cl)cccc21. The van der Waals surface area contributed by atoms with E-state index in [0.717, 1.165) is 12.8 Å². The summed E-state index contributed by atoms with van der Waals surface area (Å²) in [5.41, 5.74) is 7.01. The van der Waals surface area contributed by atoms with E-state index in [4.69, 9.17) is 17.3 Å². The van der Waals surface area contributed by atoms with Gasteiger partial charge in [0.1, 0.15) is 12.1 Å². The van der Waals surface area contributed by atoms with Crippen molar-refractivity contribution < 1.29 is 27.6 Å². The number of hydrogen-bond donors (Lipinski definition) is 3. The molecule has 4 N–H and O–H groups in total. The summed E-state index contributed by atoms with van der Waals surface area (Å²) in [7, 11) is 0. The molecule has 3 amide bonds. The van der Waals surface area contributed by atoms with Crippen LogP contribution in [0.15, 0.2) is 42.5 Å². The fourth-order valence-electron chi connectivity index (χ4n) is 4.88. The molecule has 1 saturated carbocycles. The second-order valence-electron chi connectivity index (χ2n) is 9.87. The van der Waals surface area contributed by atoms with Crippen LogP contribution < -0.4 is 21.3 Å². The van der Waals surface area contributed by atoms with Crippen molar-refractivity contribution in [1.29, 1.82) is 5.26 Å². The molecule has 0 radical (unpaired) electrons. The first kappa shape index (κ1) is 28.2. The molecule has 2 aromatic rings. The summed E-state index contributed by atoms with van der Waals surface area (Å²) in [5, 5.41) is 15.2. The Hall–Kier alpha value is -3.78. The third kappa shape index (κ3) is 6.81. The minimum atomic E-state index is -4.55. The average Bonchev–Trinajstić information content (AvgIpc) is 3.71. The summed E-state index contributed by atoms with van der Waals surface area (Å²) in [6, 6.07) is 12.4. The lowest BCUT2D eigenvalue weighted by Gasteiger charge is -2.30. The molecule has 1 heterocycles. The maximum Gasteiger partial charge on any atom is 0.389 e. The minimum absolute atomic E-state index is 0.125. The van der Waals surface area contributed by atoms with E-state index >= 15 is 0 Å². The summed E-state index contributed by atoms with van der Waals surface area (Å²) in [6.45, 7) is -0.153. The van der Waals surface area contributed by atoms with Gasteiger partial charge >= 0.3 is 6.18 Å². The lowest BCUT2D eigenvalue weighted by Crippen LogP contribution is -2.52. The van der Waals surface area contributed by atoms with Crippen LogP contribution in [0, 0.1) is 29.1 Å². The predicted octanol–water partition coefficient (Wildman–Crippen LogP) is 4.65. The largest absolute Gasteiger partial charge is 0.389 e. The van der Waals surface area contributed by atoms with Gasteiger partial charge in [-0.1, -0.05) is 42.6 Å². The number of nitrogens with zero attached hydrogens (tertiary/aromatic N) is 2. The fraction of sp³-hybridized carbons (Fsp3) is 0.407. The quantitative estimate of drug-likeness (QED) is 0.411. The van der Waals surface area contributed by atoms with Crippen LogP contribution in [0.4, 0.5) is 30.2 Å². The second-order valence-corrected chi connectivity index (χ2v) is 10.3. The van der Waals surface area contributed by atoms with Crippen molar-refractivity contribution in [1.82, 2.24) is 5.32 Å². The number of carbonyl (C=O) groups is 3. The molecule has 2 aromatic carbocycles. The number of rotatable bonds is 9. The topological polar surface area (TPSA) is 128 Å². The first-order valence-electron chi connectivity index (χ1n) is 12.5. The molecular weight excluding hydrogens is 535 g/mol. The van der Waals surface area contributed by atoms with Crippen LogP contribution in [-0.4, -0.2) is 36.5 Å². The molecule has 0 bridgehead atoms. The van der Waals surface area contributed by atoms with Crippen LogP contribution in [0.5, 0.6) is 0 Å². The molecule has 4 rings (SSSR count). The number of anilines is 3. The van der Waals surface area contributed by atoms with Gasteiger partial charge in [-0.25, -0.2) is 0 Å². The Bertz CT molecular complexity index is 1310. The van der Waals surface area contributed by atoms with Crippen molar-refractivity contribution in [3.63, 3.8) is 0 Å². The highest BCUT2D eigenvalue weighted by molar-refractivity contribution is 6.34. The van der Waals surface area contributed by atoms with E-state index in [2.05, 4.69) is 16.7 Å². The summed E-state index contributed by atoms with van der Waals surface area (Å²) in [5.74, 6) is -4.71. The zero-order chi connectivity index (χ0) is 28.3. The molecule has 0 spiro atoms. The number of benzene rings is 2. The number of halogens is 4. The summed E-state index contributed by atoms with van der Waals surface area (Å²) in [6.07, 6.45) is -4.62. The summed E-state index contributed by atoms with van der Waals surface area (Å²) in [4.78, 5) is 40.7. The molecule has 206 valence electrons. The number of alkyl halides is 3. The summed E-state index contributed by atoms with van der Waals surface area (Å²) >= 11 is 6.37. The van der Waals surface area contributed by atoms with Crippen molar-refractivity contribution >= 4 is 46.4 Å². The van der Waals surface area contributed by atoms with Crippen molar-refractivity contribution in [3.8, 4) is 6.07 Å². The molecule has 0 saturated heterocycles. The Morgan fingerprint density at radius 1 is 1.15 bits per heavy atom. The van der Waals surface area contributed by atoms with Gasteiger partial charge in [0.05, 0.1) is 34.2 Å². The molecule has 1 aliphatic carbocycles. The number of carbonyl (C=O) groups excluding carboxylic acids is 3. The fourth-order valence-corrected chi connectivity index (χ4v) is 5.10. The molecule has 0 unspecified atom stereocenters. The van der Waals surface area contributed by atoms with E-state index in [1.165, 1.54) is 0 Å². The van der Waals surface area contributed by atoms with Gasteiger partial charge in [0.2, 0.25) is 17.7 Å². The molecule has 0 aromatic heterocycles. The molecular formula is C27H27ClF3N5O3. The summed E-state index contributed by atoms with van der Waals surface area (Å²) < 4.78 is 39.4. The predicted molar refractivity (Wildman–Crippen MR) is 139 cm³/mol. The van der Waals surface area contributed by atoms with E-state index in [0.29, 0.717) is 16.9 Å². The normalized spacial score (nSPS) is 18.7. The molecule has 12 heteroatoms. The molecule has 1 aliphatic heterocycles. The van der Waals surface area contributed by atoms with Gasteiger partial charge in [0.15, 0.2) is 0 Å². The Morgan fingerprint density at radius 3 is 2.49 bits per heavy atom. The van der Waals surface area contributed by atoms with Crippen LogP contribution in [0.3, 0.4) is 0 Å². The van der Waals surface area contributed by atoms with Crippen molar-refractivity contribution in [2.75, 3.05) is 16.8 Å². The minimum Gasteiger partial charge on any atom is -0.369 e. The highest BCUT2D eigenvalue weighted by Gasteiger charge is 2.41. The van der Waals surface area contributed by atoms with E-state index in [1.807, 2.05) is 0 Å². The van der Waals surface area contributed by atoms with Crippen LogP contribution in [0.2, 0.25) is 5.02 Å². The third-order valence-electron chi connectivity index (χ3n) is 7.05. The maximum absolute atomic E-state index is 13.5. The van der Waals surface area contributed by atoms with Gasteiger partial charge in [0.25, 0.3) is 0 Å². The molecule has 2 aliphatic rings. The Labute approximate surface area is 228 Å². The van der Waals surface area contributed by atoms with Gasteiger partial charge in [-0.3, -0.25) is 14.4 Å². The van der Waals surface area contributed by atoms with Gasteiger partial charge in [-0.2, -0.15) is 18.4 Å². The highest BCUT2D eigenvalue weighted by atomic mass is 35.5. The lowest BCUT2D eigenvalue weighted by atomic mass is 9.83. The number of fused-ring (bicyclic) bond motifs is 1. The Morgan fingerprint density at radius 2 is 1.85 bits per heavy atom. The van der Waals surface area contributed by atoms with Crippen LogP contribution in [-0.2, 0) is 14.4 Å². The standard InChI is InChI=1S/C27H27ClF3N5O3/c28-19-5-3-7-22-23(19)35-26(39)20(14-36(22)21-6-2-1-4-16(21)13-32)34-25(38)17(10-11-27(29,30)31)18(24(33)37)12-15-8-9-15/h1-7,15,17-18,20H,8-12,14H2,(H2,33,37)(H,34,38)(H,35,39)/t17-,18+,20+/m1/s1. The number of hydrogen-bond acceptors (Lipinski definition) is 5. The van der Waals surface area contributed by atoms with E-state index in [1.54, 1.807) is 47.4 Å². The number of nitriles is 1. The van der Waals surface area contributed by atoms with Crippen molar-refractivity contribution in [2.24, 2.45) is 23.5 Å². The third-order valence-corrected chi connectivity index (χ3v) is 7.37. The number of nitrogens with two attached hydrogens (primary N) is 1. The van der Waals surface area contributed by atoms with Gasteiger partial charge < -0.3 is 21.3 Å². The second kappa shape index (κ2) is 11.5. The van der Waals surface area contributed by atoms with Gasteiger partial charge in [-0.15, -0.1) is 0 Å². The first-order valence-corrected chi connectivity index (χ1v) is 12.9. The van der Waals surface area contributed by atoms with E-state index in [9.17, 15) is 32.8 Å². The average molecular weight is 562 g/mol. The monoisotopic (exact) mass is 561 g/mol. The highest BCUT2D eigenvalue weighted by Crippen LogP contribution is 2.41. The molecule has 8 nitrogen and oxygen atoms in total. The zero-order valence-corrected chi connectivity index (χ0v) is 21.6. The number of amides is 3. The van der Waals surface area contributed by atoms with Crippen LogP contribution in [0.25, 0.3) is 0 Å². The zero-order valence-electron chi connectivity index (χ0n) is 20.8. The smallest absolute Gasteiger partial charge is 0.369 e. The first-order chi connectivity index (χ1) is 18.5. The van der Waals surface area contributed by atoms with Gasteiger partial charge in [-0.05, 0) is 43.0 Å². The van der Waals surface area contributed by atoms with Crippen molar-refractivity contribution in [3.05, 3.63) is 53.1 Å². The molecule has 1 fully saturated rings. The Balaban J connectivity index is 1.67. The van der Waals surface area contributed by atoms with E-state index < -0.39 is 54.6 Å². The van der Waals surface area contributed by atoms with Gasteiger partial charge in [0, 0.05) is 18.3 Å². The van der Waals surface area contributed by atoms with Crippen molar-refractivity contribution in [2.45, 2.75) is 44.3 Å². The lowest BCUT2D eigenvalue weighted by molar-refractivity contribution is -0.146. The Kier molecular flexibility index (Phi) is 8.35. The number of nitrogens with one attached hydrogen (secondary N) is 2. The molecule has 39 heavy (non-hydrogen) atoms. The molecule has 3 atom stereocenters. The van der Waals surface area contributed by atoms with Crippen LogP contribution >= 0.6 is 11.6 Å².